The number of β-amino-alcohol motifs (C(OH)–C–C–N with tert-alkyl or cyclic N) is 1. The first-order chi connectivity index (χ1) is 33.8. The summed E-state index contributed by atoms with van der Waals surface area (Å²) < 4.78 is 42.1. The number of piperazine rings is 1. The predicted molar refractivity (Wildman–Crippen MR) is 260 cm³/mol. The maximum absolute atomic E-state index is 14.6. The summed E-state index contributed by atoms with van der Waals surface area (Å²) in [6, 6.07) is 20.2. The number of aliphatic hydroxyl groups excluding tert-OH is 1. The Morgan fingerprint density at radius 3 is 2.28 bits per heavy atom. The lowest BCUT2D eigenvalue weighted by molar-refractivity contribution is -0.235. The van der Waals surface area contributed by atoms with Gasteiger partial charge in [-0.3, -0.25) is 34.0 Å². The first kappa shape index (κ1) is 52.5. The largest absolute Gasteiger partial charge is 0.459 e. The molecule has 0 radical (unpaired) electrons. The van der Waals surface area contributed by atoms with E-state index in [2.05, 4.69) is 20.5 Å². The summed E-state index contributed by atoms with van der Waals surface area (Å²) in [7, 11) is 0. The molecule has 2 amide bonds. The molecule has 3 N–H and O–H groups in total. The number of carbonyl (C=O) groups excluding carboxylic acids is 4. The molecule has 1 aliphatic carbocycles. The van der Waals surface area contributed by atoms with Crippen molar-refractivity contribution in [3.8, 4) is 0 Å². The summed E-state index contributed by atoms with van der Waals surface area (Å²) in [5, 5.41) is 18.2. The molecule has 10 atom stereocenters. The second-order valence-corrected chi connectivity index (χ2v) is 21.6. The fraction of sp³-hybridized carbons (Fsp3) is 0.611. The van der Waals surface area contributed by atoms with Crippen LogP contribution in [0.5, 0.6) is 0 Å². The SMILES string of the molecule is CC(C)(C)NC(=O)[C@@H]1CN(Cc2cccnc2)CCN1C[C@@H](O)C[C@@H](Cc1ccccc1)C(=O)N[C@H]1c2ccccc2C[C@H]1OC(=O)CCCCC(=O)O[C@H]1[C@@H](C2COC(C)(C)O2)OC2OC(C)(C)O[C@H]21. The monoisotopic (exact) mass is 984 g/mol. The van der Waals surface area contributed by atoms with Gasteiger partial charge in [0.2, 0.25) is 11.8 Å². The molecule has 17 nitrogen and oxygen atoms in total. The highest BCUT2D eigenvalue weighted by molar-refractivity contribution is 5.83. The van der Waals surface area contributed by atoms with E-state index in [0.717, 1.165) is 22.3 Å². The first-order valence-electron chi connectivity index (χ1n) is 25.3. The second-order valence-electron chi connectivity index (χ2n) is 21.6. The van der Waals surface area contributed by atoms with Crippen LogP contribution in [0.2, 0.25) is 0 Å². The molecule has 0 saturated carbocycles. The van der Waals surface area contributed by atoms with Crippen molar-refractivity contribution in [2.24, 2.45) is 5.92 Å². The Morgan fingerprint density at radius 1 is 0.859 bits per heavy atom. The highest BCUT2D eigenvalue weighted by Gasteiger charge is 2.60. The van der Waals surface area contributed by atoms with E-state index >= 15 is 0 Å². The van der Waals surface area contributed by atoms with E-state index in [4.69, 9.17) is 33.2 Å². The van der Waals surface area contributed by atoms with Gasteiger partial charge in [-0.25, -0.2) is 0 Å². The van der Waals surface area contributed by atoms with Crippen LogP contribution in [-0.2, 0) is 71.7 Å². The quantitative estimate of drug-likeness (QED) is 0.108. The lowest BCUT2D eigenvalue weighted by atomic mass is 9.91. The number of unbranched alkanes of at least 4 members (excludes halogenated alkanes) is 1. The summed E-state index contributed by atoms with van der Waals surface area (Å²) >= 11 is 0. The summed E-state index contributed by atoms with van der Waals surface area (Å²) in [5.74, 6) is -3.65. The molecule has 71 heavy (non-hydrogen) atoms. The number of fused-ring (bicyclic) bond motifs is 2. The van der Waals surface area contributed by atoms with Crippen molar-refractivity contribution in [3.05, 3.63) is 101 Å². The topological polar surface area (TPSA) is 197 Å². The van der Waals surface area contributed by atoms with E-state index in [9.17, 15) is 24.3 Å². The molecule has 386 valence electrons. The third kappa shape index (κ3) is 14.0. The number of hydrogen-bond donors (Lipinski definition) is 3. The number of ether oxygens (including phenoxy) is 7. The standard InChI is InChI=1S/C54H73N5O12/c1-52(2,3)57-50(64)40-32-58(30-35-18-15-23-55-29-35)24-25-59(40)31-38(60)27-37(26-34-16-9-8-10-17-34)49(63)56-45-39-20-12-11-19-36(39)28-41(45)66-43(61)21-13-14-22-44(62)67-47-46(42-33-65-53(4,5)69-42)68-51-48(47)70-54(6,7)71-51/h8-12,15-20,23,29,37-38,40-42,45-48,51,60H,13-14,21-22,24-28,30-33H2,1-7H3,(H,56,63)(H,57,64)/t37-,38+,40+,41-,42?,45+,46-,47+,48+,51?/m1/s1. The van der Waals surface area contributed by atoms with Gasteiger partial charge in [-0.15, -0.1) is 0 Å². The fourth-order valence-electron chi connectivity index (χ4n) is 10.4. The van der Waals surface area contributed by atoms with Crippen molar-refractivity contribution < 1.29 is 57.4 Å². The third-order valence-electron chi connectivity index (χ3n) is 13.7. The molecule has 5 heterocycles. The van der Waals surface area contributed by atoms with Gasteiger partial charge >= 0.3 is 11.9 Å². The van der Waals surface area contributed by atoms with E-state index in [0.29, 0.717) is 51.9 Å². The maximum atomic E-state index is 14.6. The van der Waals surface area contributed by atoms with Crippen molar-refractivity contribution in [2.45, 2.75) is 172 Å². The highest BCUT2D eigenvalue weighted by atomic mass is 16.9. The molecule has 8 rings (SSSR count). The number of nitrogens with one attached hydrogen (secondary N) is 2. The third-order valence-corrected chi connectivity index (χ3v) is 13.7. The van der Waals surface area contributed by atoms with Crippen LogP contribution in [-0.4, -0.2) is 142 Å². The van der Waals surface area contributed by atoms with E-state index in [1.165, 1.54) is 0 Å². The van der Waals surface area contributed by atoms with Crippen molar-refractivity contribution in [3.63, 3.8) is 0 Å². The molecule has 0 bridgehead atoms. The van der Waals surface area contributed by atoms with Crippen LogP contribution < -0.4 is 10.6 Å². The summed E-state index contributed by atoms with van der Waals surface area (Å²) in [5.41, 5.74) is 3.38. The molecule has 1 aromatic heterocycles. The number of aliphatic hydroxyl groups is 1. The van der Waals surface area contributed by atoms with Gasteiger partial charge in [0.1, 0.15) is 24.4 Å². The van der Waals surface area contributed by atoms with Crippen LogP contribution in [0.1, 0.15) is 109 Å². The molecule has 4 saturated heterocycles. The molecular formula is C54H73N5O12. The summed E-state index contributed by atoms with van der Waals surface area (Å²) in [4.78, 5) is 63.8. The zero-order chi connectivity index (χ0) is 50.5. The molecule has 4 fully saturated rings. The first-order valence-corrected chi connectivity index (χ1v) is 25.3. The molecule has 3 aromatic rings. The minimum atomic E-state index is -0.934. The van der Waals surface area contributed by atoms with Gasteiger partial charge in [-0.2, -0.15) is 0 Å². The van der Waals surface area contributed by atoms with E-state index in [1.807, 2.05) is 112 Å². The number of carbonyl (C=O) groups is 4. The number of nitrogens with zero attached hydrogens (tertiary/aromatic N) is 3. The molecule has 2 unspecified atom stereocenters. The summed E-state index contributed by atoms with van der Waals surface area (Å²) in [6.45, 7) is 15.9. The van der Waals surface area contributed by atoms with Crippen molar-refractivity contribution in [1.29, 1.82) is 0 Å². The van der Waals surface area contributed by atoms with Gasteiger partial charge in [-0.1, -0.05) is 60.7 Å². The Morgan fingerprint density at radius 2 is 1.58 bits per heavy atom. The van der Waals surface area contributed by atoms with Crippen LogP contribution in [0.15, 0.2) is 79.1 Å². The van der Waals surface area contributed by atoms with Crippen LogP contribution in [0, 0.1) is 5.92 Å². The minimum Gasteiger partial charge on any atom is -0.459 e. The molecular weight excluding hydrogens is 911 g/mol. The zero-order valence-corrected chi connectivity index (χ0v) is 42.3. The van der Waals surface area contributed by atoms with Crippen molar-refractivity contribution in [1.82, 2.24) is 25.4 Å². The van der Waals surface area contributed by atoms with Crippen LogP contribution in [0.25, 0.3) is 0 Å². The number of rotatable bonds is 19. The average Bonchev–Trinajstić information content (AvgIpc) is 4.03. The number of amides is 2. The van der Waals surface area contributed by atoms with Gasteiger partial charge < -0.3 is 48.9 Å². The number of pyridine rings is 1. The highest BCUT2D eigenvalue weighted by Crippen LogP contribution is 2.42. The Balaban J connectivity index is 0.873. The number of hydrogen-bond acceptors (Lipinski definition) is 15. The van der Waals surface area contributed by atoms with Crippen molar-refractivity contribution >= 4 is 23.8 Å². The van der Waals surface area contributed by atoms with Gasteiger partial charge in [-0.05, 0) is 102 Å². The lowest BCUT2D eigenvalue weighted by Gasteiger charge is -2.42. The molecule has 17 heteroatoms. The Bertz CT molecular complexity index is 2290. The van der Waals surface area contributed by atoms with Crippen LogP contribution in [0.3, 0.4) is 0 Å². The van der Waals surface area contributed by atoms with Gasteiger partial charge in [0.15, 0.2) is 30.1 Å². The second kappa shape index (κ2) is 22.5. The number of aromatic nitrogens is 1. The zero-order valence-electron chi connectivity index (χ0n) is 42.3. The lowest BCUT2D eigenvalue weighted by Crippen LogP contribution is -2.61. The van der Waals surface area contributed by atoms with Gasteiger partial charge in [0, 0.05) is 75.8 Å². The molecule has 4 aliphatic heterocycles. The number of benzene rings is 2. The van der Waals surface area contributed by atoms with Crippen LogP contribution >= 0.6 is 0 Å². The minimum absolute atomic E-state index is 0.0566. The van der Waals surface area contributed by atoms with Gasteiger partial charge in [0.25, 0.3) is 0 Å². The Hall–Kier alpha value is -4.85. The van der Waals surface area contributed by atoms with Gasteiger partial charge in [0.05, 0.1) is 18.8 Å². The van der Waals surface area contributed by atoms with E-state index in [1.54, 1.807) is 20.0 Å². The van der Waals surface area contributed by atoms with E-state index in [-0.39, 0.29) is 44.2 Å². The Labute approximate surface area is 417 Å². The molecule has 2 aromatic carbocycles. The predicted octanol–water partition coefficient (Wildman–Crippen LogP) is 4.92. The normalized spacial score (nSPS) is 27.8. The van der Waals surface area contributed by atoms with Crippen molar-refractivity contribution in [2.75, 3.05) is 32.8 Å². The maximum Gasteiger partial charge on any atom is 0.306 e. The Kier molecular flexibility index (Phi) is 16.6. The molecule has 5 aliphatic rings. The summed E-state index contributed by atoms with van der Waals surface area (Å²) in [6.07, 6.45) is 0.471. The van der Waals surface area contributed by atoms with E-state index < -0.39 is 90.0 Å². The fourth-order valence-corrected chi connectivity index (χ4v) is 10.4. The average molecular weight is 984 g/mol. The molecule has 0 spiro atoms. The van der Waals surface area contributed by atoms with Crippen LogP contribution in [0.4, 0.5) is 0 Å². The smallest absolute Gasteiger partial charge is 0.306 e. The number of esters is 2.